The maximum absolute atomic E-state index is 14.9. The number of aryl methyl sites for hydroxylation is 1. The first kappa shape index (κ1) is 43.7. The van der Waals surface area contributed by atoms with Crippen LogP contribution in [0.5, 0.6) is 0 Å². The summed E-state index contributed by atoms with van der Waals surface area (Å²) in [6.45, 7) is 11.9. The molecule has 60 heavy (non-hydrogen) atoms. The van der Waals surface area contributed by atoms with E-state index in [2.05, 4.69) is 19.0 Å². The Morgan fingerprint density at radius 3 is 2.08 bits per heavy atom. The molecule has 1 spiro atoms. The third kappa shape index (κ3) is 7.06. The fourth-order valence-electron chi connectivity index (χ4n) is 11.6. The average Bonchev–Trinajstić information content (AvgIpc) is 3.49. The SMILES string of the molecule is CC(=CS(=O)(=O)c1ccc(C)cc1)c1ccc(-c2ccc(C3CC4(C)C(CCC4(O)[C@@](C)(I)C(F)(F)F)C4CC[C@@]5(N=O)CC6(CCC5=C34)OCC(C)(C)CO6)cc2)cc1. The van der Waals surface area contributed by atoms with E-state index in [9.17, 15) is 31.6 Å². The molecule has 12 heteroatoms. The van der Waals surface area contributed by atoms with Gasteiger partial charge in [-0.2, -0.15) is 13.2 Å². The van der Waals surface area contributed by atoms with E-state index in [0.29, 0.717) is 63.7 Å². The Morgan fingerprint density at radius 2 is 1.50 bits per heavy atom. The van der Waals surface area contributed by atoms with Crippen molar-refractivity contribution in [3.05, 3.63) is 111 Å². The minimum absolute atomic E-state index is 0.0398. The largest absolute Gasteiger partial charge is 0.405 e. The van der Waals surface area contributed by atoms with Crippen molar-refractivity contribution in [3.63, 3.8) is 0 Å². The van der Waals surface area contributed by atoms with E-state index in [1.54, 1.807) is 31.2 Å². The number of fused-ring (bicyclic) bond motifs is 4. The molecule has 322 valence electrons. The summed E-state index contributed by atoms with van der Waals surface area (Å²) in [6.07, 6.45) is -1.39. The molecule has 1 aliphatic heterocycles. The zero-order valence-electron chi connectivity index (χ0n) is 35.2. The van der Waals surface area contributed by atoms with Crippen LogP contribution < -0.4 is 0 Å². The van der Waals surface area contributed by atoms with Gasteiger partial charge in [0.1, 0.15) is 8.96 Å². The number of allylic oxidation sites excluding steroid dienone is 2. The normalized spacial score (nSPS) is 32.5. The van der Waals surface area contributed by atoms with Crippen molar-refractivity contribution in [2.45, 2.75) is 130 Å². The van der Waals surface area contributed by atoms with Gasteiger partial charge in [0.2, 0.25) is 0 Å². The Morgan fingerprint density at radius 1 is 0.900 bits per heavy atom. The van der Waals surface area contributed by atoms with E-state index in [1.165, 1.54) is 28.0 Å². The first-order valence-corrected chi connectivity index (χ1v) is 23.7. The van der Waals surface area contributed by atoms with Gasteiger partial charge in [-0.1, -0.05) is 120 Å². The van der Waals surface area contributed by atoms with Crippen LogP contribution in [0.25, 0.3) is 16.7 Å². The third-order valence-corrected chi connectivity index (χ3v) is 18.3. The summed E-state index contributed by atoms with van der Waals surface area (Å²) < 4.78 is 81.4. The lowest BCUT2D eigenvalue weighted by molar-refractivity contribution is -0.313. The van der Waals surface area contributed by atoms with Gasteiger partial charge in [-0.25, -0.2) is 8.42 Å². The molecule has 1 saturated heterocycles. The molecule has 3 saturated carbocycles. The first-order chi connectivity index (χ1) is 28.0. The number of rotatable bonds is 7. The van der Waals surface area contributed by atoms with Crippen molar-refractivity contribution in [3.8, 4) is 11.1 Å². The number of alkyl halides is 4. The van der Waals surface area contributed by atoms with Gasteiger partial charge in [-0.3, -0.25) is 0 Å². The predicted molar refractivity (Wildman–Crippen MR) is 236 cm³/mol. The molecule has 7 atom stereocenters. The van der Waals surface area contributed by atoms with Crippen LogP contribution in [0.3, 0.4) is 0 Å². The molecule has 0 radical (unpaired) electrons. The second kappa shape index (κ2) is 14.8. The van der Waals surface area contributed by atoms with Crippen LogP contribution in [0.15, 0.2) is 99.4 Å². The minimum atomic E-state index is -4.63. The standard InChI is InChI=1S/C48H55F3INO6S/c1-30-7-17-36(18-8-30)60(56,57)26-31(2)32-9-11-33(12-10-32)34-13-15-35(16-14-34)38-25-43(5)39(21-24-47(43,54)44(6,52)48(49,50)51)37-19-22-45(53-55)27-46(23-20-40(45)41(37)38)58-28-42(3,4)29-59-46/h7-18,26,37-39,54H,19-25,27-29H2,1-6H3/t37?,38?,39?,43?,44-,45-,47?/m1/s1. The maximum atomic E-state index is 14.9. The van der Waals surface area contributed by atoms with Crippen LogP contribution >= 0.6 is 22.6 Å². The zero-order valence-corrected chi connectivity index (χ0v) is 38.1. The number of ether oxygens (including phenoxy) is 2. The molecule has 7 nitrogen and oxygen atoms in total. The van der Waals surface area contributed by atoms with Gasteiger partial charge >= 0.3 is 6.18 Å². The molecule has 0 bridgehead atoms. The fourth-order valence-corrected chi connectivity index (χ4v) is 13.8. The summed E-state index contributed by atoms with van der Waals surface area (Å²) in [5.41, 5.74) is 2.92. The van der Waals surface area contributed by atoms with E-state index in [1.807, 2.05) is 62.4 Å². The molecule has 0 aromatic heterocycles. The summed E-state index contributed by atoms with van der Waals surface area (Å²) in [4.78, 5) is 13.5. The number of benzene rings is 3. The highest BCUT2D eigenvalue weighted by atomic mass is 127. The number of hydrogen-bond donors (Lipinski definition) is 1. The van der Waals surface area contributed by atoms with Gasteiger partial charge < -0.3 is 14.6 Å². The average molecular weight is 958 g/mol. The predicted octanol–water partition coefficient (Wildman–Crippen LogP) is 12.1. The molecular weight excluding hydrogens is 902 g/mol. The van der Waals surface area contributed by atoms with Crippen LogP contribution in [-0.4, -0.2) is 53.3 Å². The zero-order chi connectivity index (χ0) is 43.3. The minimum Gasteiger partial charge on any atom is -0.388 e. The third-order valence-electron chi connectivity index (χ3n) is 15.2. The molecule has 0 amide bonds. The Bertz CT molecular complexity index is 2330. The highest BCUT2D eigenvalue weighted by molar-refractivity contribution is 14.1. The second-order valence-corrected chi connectivity index (χ2v) is 23.5. The monoisotopic (exact) mass is 957 g/mol. The number of halogens is 4. The lowest BCUT2D eigenvalue weighted by Crippen LogP contribution is -2.65. The molecular formula is C48H55F3INO6S. The van der Waals surface area contributed by atoms with Crippen LogP contribution in [0.1, 0.15) is 109 Å². The molecule has 4 aliphatic carbocycles. The lowest BCUT2D eigenvalue weighted by Gasteiger charge is -2.60. The molecule has 1 heterocycles. The number of nitrogens with zero attached hydrogens (tertiary/aromatic N) is 1. The highest BCUT2D eigenvalue weighted by Crippen LogP contribution is 2.72. The van der Waals surface area contributed by atoms with E-state index >= 15 is 0 Å². The molecule has 3 aromatic carbocycles. The van der Waals surface area contributed by atoms with Crippen molar-refractivity contribution in [1.82, 2.24) is 0 Å². The smallest absolute Gasteiger partial charge is 0.388 e. The molecule has 4 fully saturated rings. The van der Waals surface area contributed by atoms with E-state index in [-0.39, 0.29) is 34.5 Å². The van der Waals surface area contributed by atoms with Gasteiger partial charge in [0.15, 0.2) is 15.6 Å². The van der Waals surface area contributed by atoms with Gasteiger partial charge in [0.05, 0.1) is 23.7 Å². The van der Waals surface area contributed by atoms with Crippen molar-refractivity contribution in [2.24, 2.45) is 27.8 Å². The number of nitroso groups, excluding NO2 is 1. The Balaban J connectivity index is 1.15. The van der Waals surface area contributed by atoms with Crippen LogP contribution in [0.4, 0.5) is 13.2 Å². The Labute approximate surface area is 365 Å². The van der Waals surface area contributed by atoms with E-state index in [4.69, 9.17) is 9.47 Å². The van der Waals surface area contributed by atoms with Crippen molar-refractivity contribution >= 4 is 38.0 Å². The lowest BCUT2D eigenvalue weighted by atomic mass is 9.48. The van der Waals surface area contributed by atoms with Crippen LogP contribution in [0.2, 0.25) is 0 Å². The topological polar surface area (TPSA) is 102 Å². The maximum Gasteiger partial charge on any atom is 0.405 e. The van der Waals surface area contributed by atoms with Crippen LogP contribution in [0, 0.1) is 34.5 Å². The number of sulfone groups is 1. The molecule has 5 unspecified atom stereocenters. The summed E-state index contributed by atoms with van der Waals surface area (Å²) >= 11 is 1.45. The van der Waals surface area contributed by atoms with Gasteiger partial charge in [0.25, 0.3) is 0 Å². The molecule has 3 aromatic rings. The summed E-state index contributed by atoms with van der Waals surface area (Å²) in [5, 5.41) is 17.7. The summed E-state index contributed by atoms with van der Waals surface area (Å²) in [7, 11) is -3.64. The first-order valence-electron chi connectivity index (χ1n) is 21.0. The molecule has 1 N–H and O–H groups in total. The van der Waals surface area contributed by atoms with Crippen molar-refractivity contribution in [2.75, 3.05) is 13.2 Å². The quantitative estimate of drug-likeness (QED) is 0.110. The van der Waals surface area contributed by atoms with Crippen LogP contribution in [-0.2, 0) is 19.3 Å². The van der Waals surface area contributed by atoms with E-state index < -0.39 is 41.8 Å². The van der Waals surface area contributed by atoms with Crippen molar-refractivity contribution in [1.29, 1.82) is 0 Å². The summed E-state index contributed by atoms with van der Waals surface area (Å²) in [5.74, 6) is -1.59. The molecule has 5 aliphatic rings. The van der Waals surface area contributed by atoms with E-state index in [0.717, 1.165) is 45.9 Å². The second-order valence-electron chi connectivity index (χ2n) is 19.6. The highest BCUT2D eigenvalue weighted by Gasteiger charge is 2.74. The summed E-state index contributed by atoms with van der Waals surface area (Å²) in [6, 6.07) is 22.5. The number of hydrogen-bond acceptors (Lipinski definition) is 7. The molecule has 8 rings (SSSR count). The fraction of sp³-hybridized carbons (Fsp3) is 0.542. The Hall–Kier alpha value is -2.91. The Kier molecular flexibility index (Phi) is 10.8. The van der Waals surface area contributed by atoms with Gasteiger partial charge in [-0.05, 0) is 117 Å². The van der Waals surface area contributed by atoms with Gasteiger partial charge in [0, 0.05) is 35.0 Å². The van der Waals surface area contributed by atoms with Gasteiger partial charge in [-0.15, -0.1) is 4.91 Å². The number of aliphatic hydroxyl groups is 1. The van der Waals surface area contributed by atoms with Crippen molar-refractivity contribution < 1.29 is 36.2 Å².